The third kappa shape index (κ3) is 5.05. The van der Waals surface area contributed by atoms with Crippen LogP contribution in [0.2, 0.25) is 0 Å². The summed E-state index contributed by atoms with van der Waals surface area (Å²) in [5.41, 5.74) is 0. The van der Waals surface area contributed by atoms with Crippen LogP contribution in [0.3, 0.4) is 0 Å². The van der Waals surface area contributed by atoms with Gasteiger partial charge in [0.25, 0.3) is 0 Å². The first-order valence-corrected chi connectivity index (χ1v) is 6.44. The first-order valence-electron chi connectivity index (χ1n) is 5.22. The quantitative estimate of drug-likeness (QED) is 0.345. The zero-order valence-corrected chi connectivity index (χ0v) is 9.85. The van der Waals surface area contributed by atoms with Gasteiger partial charge in [0.1, 0.15) is 0 Å². The molecule has 1 aliphatic rings. The molecule has 1 aliphatic heterocycles. The SMILES string of the molecule is CSC(=NCCC1CCCCO1)NC#N. The molecule has 0 bridgehead atoms. The zero-order valence-electron chi connectivity index (χ0n) is 9.03. The van der Waals surface area contributed by atoms with Gasteiger partial charge in [-0.25, -0.2) is 0 Å². The monoisotopic (exact) mass is 227 g/mol. The van der Waals surface area contributed by atoms with Crippen molar-refractivity contribution in [2.45, 2.75) is 31.8 Å². The average Bonchev–Trinajstić information content (AvgIpc) is 2.29. The van der Waals surface area contributed by atoms with E-state index in [4.69, 9.17) is 10.00 Å². The second kappa shape index (κ2) is 7.55. The van der Waals surface area contributed by atoms with Crippen molar-refractivity contribution in [3.8, 4) is 6.19 Å². The minimum Gasteiger partial charge on any atom is -0.378 e. The van der Waals surface area contributed by atoms with Crippen molar-refractivity contribution in [3.05, 3.63) is 0 Å². The van der Waals surface area contributed by atoms with Crippen molar-refractivity contribution in [2.24, 2.45) is 4.99 Å². The minimum absolute atomic E-state index is 0.368. The van der Waals surface area contributed by atoms with E-state index in [1.165, 1.54) is 24.6 Å². The Morgan fingerprint density at radius 1 is 1.67 bits per heavy atom. The Morgan fingerprint density at radius 2 is 2.53 bits per heavy atom. The minimum atomic E-state index is 0.368. The number of aliphatic imine (C=N–C) groups is 1. The molecule has 15 heavy (non-hydrogen) atoms. The smallest absolute Gasteiger partial charge is 0.183 e. The number of nitriles is 1. The first kappa shape index (κ1) is 12.3. The molecule has 1 unspecified atom stereocenters. The number of hydrogen-bond donors (Lipinski definition) is 1. The molecule has 0 spiro atoms. The maximum atomic E-state index is 8.44. The van der Waals surface area contributed by atoms with Crippen LogP contribution in [-0.4, -0.2) is 30.7 Å². The summed E-state index contributed by atoms with van der Waals surface area (Å²) in [6.45, 7) is 1.62. The molecule has 1 atom stereocenters. The van der Waals surface area contributed by atoms with E-state index in [-0.39, 0.29) is 0 Å². The number of thioether (sulfide) groups is 1. The van der Waals surface area contributed by atoms with Crippen LogP contribution in [0, 0.1) is 11.5 Å². The lowest BCUT2D eigenvalue weighted by atomic mass is 10.1. The molecule has 1 N–H and O–H groups in total. The molecular weight excluding hydrogens is 210 g/mol. The molecule has 4 nitrogen and oxygen atoms in total. The largest absolute Gasteiger partial charge is 0.378 e. The number of rotatable bonds is 3. The molecule has 1 saturated heterocycles. The van der Waals surface area contributed by atoms with Crippen LogP contribution in [0.4, 0.5) is 0 Å². The summed E-state index contributed by atoms with van der Waals surface area (Å²) in [6.07, 6.45) is 8.70. The normalized spacial score (nSPS) is 22.1. The fourth-order valence-corrected chi connectivity index (χ4v) is 1.92. The lowest BCUT2D eigenvalue weighted by molar-refractivity contribution is 0.0129. The second-order valence-electron chi connectivity index (χ2n) is 3.41. The number of hydrogen-bond acceptors (Lipinski definition) is 4. The van der Waals surface area contributed by atoms with Crippen LogP contribution >= 0.6 is 11.8 Å². The molecule has 84 valence electrons. The zero-order chi connectivity index (χ0) is 10.9. The molecule has 0 aromatic rings. The molecule has 1 heterocycles. The van der Waals surface area contributed by atoms with Gasteiger partial charge in [0.2, 0.25) is 0 Å². The molecule has 5 heteroatoms. The Labute approximate surface area is 95.1 Å². The van der Waals surface area contributed by atoms with Gasteiger partial charge >= 0.3 is 0 Å². The summed E-state index contributed by atoms with van der Waals surface area (Å²) in [5.74, 6) is 0. The van der Waals surface area contributed by atoms with Crippen molar-refractivity contribution in [1.82, 2.24) is 5.32 Å². The molecule has 0 amide bonds. The van der Waals surface area contributed by atoms with Gasteiger partial charge in [0.05, 0.1) is 6.10 Å². The fourth-order valence-electron chi connectivity index (χ4n) is 1.55. The summed E-state index contributed by atoms with van der Waals surface area (Å²) in [7, 11) is 0. The third-order valence-electron chi connectivity index (χ3n) is 2.34. The number of ether oxygens (including phenoxy) is 1. The van der Waals surface area contributed by atoms with Crippen molar-refractivity contribution in [1.29, 1.82) is 5.26 Å². The van der Waals surface area contributed by atoms with Crippen molar-refractivity contribution >= 4 is 16.9 Å². The van der Waals surface area contributed by atoms with Crippen molar-refractivity contribution in [2.75, 3.05) is 19.4 Å². The van der Waals surface area contributed by atoms with Crippen LogP contribution in [-0.2, 0) is 4.74 Å². The van der Waals surface area contributed by atoms with Gasteiger partial charge < -0.3 is 4.74 Å². The summed E-state index contributed by atoms with van der Waals surface area (Å²) in [5, 5.41) is 11.7. The molecule has 0 radical (unpaired) electrons. The van der Waals surface area contributed by atoms with E-state index in [1.807, 2.05) is 12.4 Å². The number of amidine groups is 1. The van der Waals surface area contributed by atoms with Crippen LogP contribution < -0.4 is 5.32 Å². The number of nitrogens with zero attached hydrogens (tertiary/aromatic N) is 2. The highest BCUT2D eigenvalue weighted by Gasteiger charge is 2.12. The molecular formula is C10H17N3OS. The van der Waals surface area contributed by atoms with E-state index >= 15 is 0 Å². The standard InChI is InChI=1S/C10H17N3OS/c1-15-10(13-8-11)12-6-5-9-4-2-3-7-14-9/h9H,2-7H2,1H3,(H,12,13). The van der Waals surface area contributed by atoms with Gasteiger partial charge in [-0.05, 0) is 31.9 Å². The van der Waals surface area contributed by atoms with Crippen LogP contribution in [0.1, 0.15) is 25.7 Å². The van der Waals surface area contributed by atoms with Gasteiger partial charge in [-0.3, -0.25) is 10.3 Å². The predicted octanol–water partition coefficient (Wildman–Crippen LogP) is 1.74. The van der Waals surface area contributed by atoms with E-state index in [1.54, 1.807) is 0 Å². The number of nitrogens with one attached hydrogen (secondary N) is 1. The maximum absolute atomic E-state index is 8.44. The lowest BCUT2D eigenvalue weighted by Crippen LogP contribution is -2.20. The highest BCUT2D eigenvalue weighted by molar-refractivity contribution is 8.13. The van der Waals surface area contributed by atoms with Gasteiger partial charge in [-0.2, -0.15) is 5.26 Å². The molecule has 1 rings (SSSR count). The predicted molar refractivity (Wildman–Crippen MR) is 62.8 cm³/mol. The maximum Gasteiger partial charge on any atom is 0.183 e. The van der Waals surface area contributed by atoms with E-state index in [2.05, 4.69) is 10.3 Å². The summed E-state index contributed by atoms with van der Waals surface area (Å²) in [6, 6.07) is 0. The Bertz CT molecular complexity index is 244. The molecule has 1 fully saturated rings. The topological polar surface area (TPSA) is 57.4 Å². The highest BCUT2D eigenvalue weighted by atomic mass is 32.2. The van der Waals surface area contributed by atoms with Crippen molar-refractivity contribution in [3.63, 3.8) is 0 Å². The summed E-state index contributed by atoms with van der Waals surface area (Å²) < 4.78 is 5.59. The van der Waals surface area contributed by atoms with Gasteiger partial charge in [0.15, 0.2) is 11.4 Å². The first-order chi connectivity index (χ1) is 7.36. The van der Waals surface area contributed by atoms with Gasteiger partial charge in [-0.15, -0.1) is 0 Å². The lowest BCUT2D eigenvalue weighted by Gasteiger charge is -2.21. The second-order valence-corrected chi connectivity index (χ2v) is 4.20. The van der Waals surface area contributed by atoms with Crippen molar-refractivity contribution < 1.29 is 4.74 Å². The Kier molecular flexibility index (Phi) is 6.21. The average molecular weight is 227 g/mol. The van der Waals surface area contributed by atoms with Gasteiger partial charge in [0, 0.05) is 13.2 Å². The van der Waals surface area contributed by atoms with Gasteiger partial charge in [-0.1, -0.05) is 11.8 Å². The van der Waals surface area contributed by atoms with E-state index in [9.17, 15) is 0 Å². The fraction of sp³-hybridized carbons (Fsp3) is 0.800. The van der Waals surface area contributed by atoms with Crippen LogP contribution in [0.15, 0.2) is 4.99 Å². The Hall–Kier alpha value is -0.730. The molecule has 0 aromatic carbocycles. The Balaban J connectivity index is 2.20. The summed E-state index contributed by atoms with van der Waals surface area (Å²) in [4.78, 5) is 4.29. The van der Waals surface area contributed by atoms with E-state index in [0.29, 0.717) is 11.3 Å². The molecule has 0 aromatic heterocycles. The summed E-state index contributed by atoms with van der Waals surface area (Å²) >= 11 is 1.46. The third-order valence-corrected chi connectivity index (χ3v) is 2.95. The van der Waals surface area contributed by atoms with Crippen LogP contribution in [0.5, 0.6) is 0 Å². The van der Waals surface area contributed by atoms with Crippen LogP contribution in [0.25, 0.3) is 0 Å². The highest BCUT2D eigenvalue weighted by Crippen LogP contribution is 2.15. The van der Waals surface area contributed by atoms with E-state index in [0.717, 1.165) is 26.0 Å². The molecule has 0 aliphatic carbocycles. The Morgan fingerprint density at radius 3 is 3.13 bits per heavy atom. The van der Waals surface area contributed by atoms with E-state index < -0.39 is 0 Å². The molecule has 0 saturated carbocycles.